The second kappa shape index (κ2) is 5.11. The van der Waals surface area contributed by atoms with Crippen LogP contribution in [0.25, 0.3) is 0 Å². The van der Waals surface area contributed by atoms with Gasteiger partial charge in [0.2, 0.25) is 10.0 Å². The molecule has 0 aliphatic carbocycles. The van der Waals surface area contributed by atoms with Crippen LogP contribution < -0.4 is 4.72 Å². The number of hydrogen-bond acceptors (Lipinski definition) is 2. The molecule has 0 aliphatic heterocycles. The van der Waals surface area contributed by atoms with Gasteiger partial charge in [-0.05, 0) is 6.42 Å². The molecule has 0 spiro atoms. The Kier molecular flexibility index (Phi) is 5.29. The summed E-state index contributed by atoms with van der Waals surface area (Å²) in [5.74, 6) is 0. The van der Waals surface area contributed by atoms with Gasteiger partial charge in [-0.25, -0.2) is 13.1 Å². The van der Waals surface area contributed by atoms with Crippen molar-refractivity contribution >= 4 is 26.0 Å². The normalized spacial score (nSPS) is 14.8. The van der Waals surface area contributed by atoms with Gasteiger partial charge in [0.15, 0.2) is 0 Å². The van der Waals surface area contributed by atoms with Gasteiger partial charge in [0.05, 0.1) is 6.26 Å². The van der Waals surface area contributed by atoms with Crippen LogP contribution >= 0.6 is 15.9 Å². The third-order valence-corrected chi connectivity index (χ3v) is 2.64. The Morgan fingerprint density at radius 2 is 2.09 bits per heavy atom. The van der Waals surface area contributed by atoms with Crippen molar-refractivity contribution in [3.05, 3.63) is 0 Å². The molecule has 1 atom stereocenters. The van der Waals surface area contributed by atoms with Crippen LogP contribution in [0.4, 0.5) is 0 Å². The molecular weight excluding hydrogens is 230 g/mol. The Hall–Kier alpha value is 0.390. The second-order valence-corrected chi connectivity index (χ2v) is 5.63. The van der Waals surface area contributed by atoms with E-state index in [0.717, 1.165) is 12.8 Å². The molecule has 5 heteroatoms. The number of sulfonamides is 1. The highest BCUT2D eigenvalue weighted by Gasteiger charge is 2.05. The van der Waals surface area contributed by atoms with Gasteiger partial charge in [0.1, 0.15) is 0 Å². The lowest BCUT2D eigenvalue weighted by molar-refractivity contribution is 0.584. The van der Waals surface area contributed by atoms with E-state index in [9.17, 15) is 8.42 Å². The zero-order chi connectivity index (χ0) is 8.91. The molecule has 0 aromatic rings. The maximum absolute atomic E-state index is 10.6. The Morgan fingerprint density at radius 1 is 1.55 bits per heavy atom. The van der Waals surface area contributed by atoms with Crippen molar-refractivity contribution in [2.75, 3.05) is 12.8 Å². The van der Waals surface area contributed by atoms with Gasteiger partial charge in [0.25, 0.3) is 0 Å². The fraction of sp³-hybridized carbons (Fsp3) is 1.00. The molecule has 0 amide bonds. The van der Waals surface area contributed by atoms with Crippen molar-refractivity contribution in [1.82, 2.24) is 4.72 Å². The third-order valence-electron chi connectivity index (χ3n) is 1.17. The summed E-state index contributed by atoms with van der Waals surface area (Å²) in [5, 5.41) is 0. The van der Waals surface area contributed by atoms with E-state index in [0.29, 0.717) is 6.54 Å². The minimum atomic E-state index is -3.02. The maximum Gasteiger partial charge on any atom is 0.208 e. The molecule has 0 rings (SSSR count). The van der Waals surface area contributed by atoms with E-state index in [1.54, 1.807) is 0 Å². The molecule has 0 bridgehead atoms. The van der Waals surface area contributed by atoms with Crippen LogP contribution in [-0.4, -0.2) is 26.0 Å². The van der Waals surface area contributed by atoms with Gasteiger partial charge < -0.3 is 0 Å². The minimum Gasteiger partial charge on any atom is -0.214 e. The van der Waals surface area contributed by atoms with Crippen molar-refractivity contribution < 1.29 is 8.42 Å². The highest BCUT2D eigenvalue weighted by molar-refractivity contribution is 9.09. The Bertz CT molecular complexity index is 191. The van der Waals surface area contributed by atoms with Crippen molar-refractivity contribution in [3.8, 4) is 0 Å². The predicted octanol–water partition coefficient (Wildman–Crippen LogP) is 1.10. The summed E-state index contributed by atoms with van der Waals surface area (Å²) in [6.07, 6.45) is 3.21. The van der Waals surface area contributed by atoms with E-state index in [1.807, 2.05) is 0 Å². The molecule has 1 unspecified atom stereocenters. The van der Waals surface area contributed by atoms with Gasteiger partial charge in [-0.1, -0.05) is 29.3 Å². The molecule has 68 valence electrons. The number of halogens is 1. The Balaban J connectivity index is 3.54. The summed E-state index contributed by atoms with van der Waals surface area (Å²) >= 11 is 3.36. The molecule has 0 saturated carbocycles. The van der Waals surface area contributed by atoms with E-state index in [1.165, 1.54) is 6.26 Å². The van der Waals surface area contributed by atoms with Crippen molar-refractivity contribution in [3.63, 3.8) is 0 Å². The molecule has 0 saturated heterocycles. The number of alkyl halides is 1. The van der Waals surface area contributed by atoms with Crippen LogP contribution in [0.15, 0.2) is 0 Å². The zero-order valence-electron chi connectivity index (χ0n) is 6.80. The van der Waals surface area contributed by atoms with E-state index < -0.39 is 10.0 Å². The average molecular weight is 244 g/mol. The molecule has 0 heterocycles. The van der Waals surface area contributed by atoms with Crippen LogP contribution in [0.3, 0.4) is 0 Å². The highest BCUT2D eigenvalue weighted by Crippen LogP contribution is 2.05. The monoisotopic (exact) mass is 243 g/mol. The Labute approximate surface area is 76.7 Å². The summed E-state index contributed by atoms with van der Waals surface area (Å²) in [7, 11) is -3.02. The summed E-state index contributed by atoms with van der Waals surface area (Å²) < 4.78 is 23.6. The first-order chi connectivity index (χ1) is 4.95. The zero-order valence-corrected chi connectivity index (χ0v) is 9.20. The average Bonchev–Trinajstić information content (AvgIpc) is 1.83. The fourth-order valence-electron chi connectivity index (χ4n) is 0.657. The van der Waals surface area contributed by atoms with E-state index in [2.05, 4.69) is 27.6 Å². The first-order valence-corrected chi connectivity index (χ1v) is 6.35. The van der Waals surface area contributed by atoms with Gasteiger partial charge in [0, 0.05) is 11.4 Å². The highest BCUT2D eigenvalue weighted by atomic mass is 79.9. The molecule has 11 heavy (non-hydrogen) atoms. The quantitative estimate of drug-likeness (QED) is 0.736. The molecule has 0 fully saturated rings. The molecule has 0 radical (unpaired) electrons. The largest absolute Gasteiger partial charge is 0.214 e. The Morgan fingerprint density at radius 3 is 2.45 bits per heavy atom. The molecule has 0 aliphatic rings. The summed E-state index contributed by atoms with van der Waals surface area (Å²) in [6, 6.07) is 0. The number of hydrogen-bond donors (Lipinski definition) is 1. The summed E-state index contributed by atoms with van der Waals surface area (Å²) in [4.78, 5) is 0.252. The third kappa shape index (κ3) is 8.29. The molecule has 0 aromatic heterocycles. The van der Waals surface area contributed by atoms with Gasteiger partial charge >= 0.3 is 0 Å². The standard InChI is InChI=1S/C6H14BrNO2S/c1-3-4-6(7)5-8-11(2,9)10/h6,8H,3-5H2,1-2H3. The summed E-state index contributed by atoms with van der Waals surface area (Å²) in [6.45, 7) is 2.54. The van der Waals surface area contributed by atoms with Crippen LogP contribution in [0, 0.1) is 0 Å². The van der Waals surface area contributed by atoms with Crippen LogP contribution in [-0.2, 0) is 10.0 Å². The lowest BCUT2D eigenvalue weighted by atomic mass is 10.2. The second-order valence-electron chi connectivity index (χ2n) is 2.51. The van der Waals surface area contributed by atoms with E-state index in [-0.39, 0.29) is 4.83 Å². The van der Waals surface area contributed by atoms with Crippen LogP contribution in [0.1, 0.15) is 19.8 Å². The summed E-state index contributed by atoms with van der Waals surface area (Å²) in [5.41, 5.74) is 0. The fourth-order valence-corrected chi connectivity index (χ4v) is 2.00. The maximum atomic E-state index is 10.6. The van der Waals surface area contributed by atoms with Crippen LogP contribution in [0.2, 0.25) is 0 Å². The number of nitrogens with one attached hydrogen (secondary N) is 1. The first kappa shape index (κ1) is 11.4. The van der Waals surface area contributed by atoms with Gasteiger partial charge in [-0.2, -0.15) is 0 Å². The topological polar surface area (TPSA) is 46.2 Å². The smallest absolute Gasteiger partial charge is 0.208 e. The van der Waals surface area contributed by atoms with Crippen LogP contribution in [0.5, 0.6) is 0 Å². The molecule has 0 aromatic carbocycles. The molecule has 1 N–H and O–H groups in total. The molecular formula is C6H14BrNO2S. The van der Waals surface area contributed by atoms with Gasteiger partial charge in [-0.15, -0.1) is 0 Å². The van der Waals surface area contributed by atoms with E-state index in [4.69, 9.17) is 0 Å². The van der Waals surface area contributed by atoms with Crippen molar-refractivity contribution in [1.29, 1.82) is 0 Å². The SMILES string of the molecule is CCCC(Br)CNS(C)(=O)=O. The lowest BCUT2D eigenvalue weighted by Gasteiger charge is -2.07. The predicted molar refractivity (Wildman–Crippen MR) is 50.5 cm³/mol. The lowest BCUT2D eigenvalue weighted by Crippen LogP contribution is -2.28. The van der Waals surface area contributed by atoms with Crippen molar-refractivity contribution in [2.24, 2.45) is 0 Å². The minimum absolute atomic E-state index is 0.252. The number of rotatable bonds is 5. The van der Waals surface area contributed by atoms with E-state index >= 15 is 0 Å². The first-order valence-electron chi connectivity index (χ1n) is 3.54. The molecule has 3 nitrogen and oxygen atoms in total. The van der Waals surface area contributed by atoms with Crippen molar-refractivity contribution in [2.45, 2.75) is 24.6 Å². The van der Waals surface area contributed by atoms with Gasteiger partial charge in [-0.3, -0.25) is 0 Å².